The van der Waals surface area contributed by atoms with Gasteiger partial charge in [0.15, 0.2) is 0 Å². The van der Waals surface area contributed by atoms with Crippen LogP contribution in [0.15, 0.2) is 30.5 Å². The first-order valence-corrected chi connectivity index (χ1v) is 4.52. The van der Waals surface area contributed by atoms with Gasteiger partial charge in [0.05, 0.1) is 12.5 Å². The van der Waals surface area contributed by atoms with Crippen molar-refractivity contribution in [3.8, 4) is 6.07 Å². The lowest BCUT2D eigenvalue weighted by atomic mass is 10.1. The number of fused-ring (bicyclic) bond motifs is 1. The van der Waals surface area contributed by atoms with Crippen LogP contribution in [0.25, 0.3) is 10.8 Å². The number of aryl methyl sites for hydroxylation is 1. The molecule has 2 heteroatoms. The molecule has 0 saturated heterocycles. The van der Waals surface area contributed by atoms with E-state index in [2.05, 4.69) is 11.1 Å². The molecule has 0 spiro atoms. The summed E-state index contributed by atoms with van der Waals surface area (Å²) in [4.78, 5) is 4.23. The molecule has 0 fully saturated rings. The molecular weight excluding hydrogens is 172 g/mol. The summed E-state index contributed by atoms with van der Waals surface area (Å²) in [6.07, 6.45) is 2.27. The molecule has 1 aromatic heterocycles. The number of rotatable bonds is 1. The zero-order valence-corrected chi connectivity index (χ0v) is 7.99. The summed E-state index contributed by atoms with van der Waals surface area (Å²) in [5.41, 5.74) is 2.07. The average Bonchev–Trinajstić information content (AvgIpc) is 2.20. The van der Waals surface area contributed by atoms with Crippen LogP contribution in [-0.2, 0) is 6.42 Å². The van der Waals surface area contributed by atoms with Gasteiger partial charge in [0.1, 0.15) is 0 Å². The monoisotopic (exact) mass is 182 g/mol. The van der Waals surface area contributed by atoms with Crippen molar-refractivity contribution in [2.24, 2.45) is 0 Å². The van der Waals surface area contributed by atoms with Gasteiger partial charge in [0.25, 0.3) is 0 Å². The van der Waals surface area contributed by atoms with Crippen LogP contribution in [0.1, 0.15) is 11.3 Å². The number of aromatic nitrogens is 1. The van der Waals surface area contributed by atoms with Gasteiger partial charge in [-0.3, -0.25) is 4.98 Å². The van der Waals surface area contributed by atoms with E-state index in [4.69, 9.17) is 5.26 Å². The fourth-order valence-electron chi connectivity index (χ4n) is 1.56. The second-order valence-corrected chi connectivity index (χ2v) is 3.29. The molecule has 0 aliphatic rings. The number of hydrogen-bond acceptors (Lipinski definition) is 2. The lowest BCUT2D eigenvalue weighted by Crippen LogP contribution is -1.86. The first kappa shape index (κ1) is 8.71. The molecule has 0 unspecified atom stereocenters. The van der Waals surface area contributed by atoms with Crippen molar-refractivity contribution in [1.82, 2.24) is 4.98 Å². The molecule has 2 nitrogen and oxygen atoms in total. The highest BCUT2D eigenvalue weighted by Gasteiger charge is 1.99. The van der Waals surface area contributed by atoms with Crippen molar-refractivity contribution in [2.75, 3.05) is 0 Å². The Morgan fingerprint density at radius 2 is 2.21 bits per heavy atom. The first-order valence-electron chi connectivity index (χ1n) is 4.52. The maximum absolute atomic E-state index is 8.60. The van der Waals surface area contributed by atoms with E-state index < -0.39 is 0 Å². The maximum atomic E-state index is 8.60. The van der Waals surface area contributed by atoms with Crippen LogP contribution in [0.2, 0.25) is 0 Å². The second-order valence-electron chi connectivity index (χ2n) is 3.29. The number of hydrogen-bond donors (Lipinski definition) is 0. The van der Waals surface area contributed by atoms with Crippen LogP contribution in [0.3, 0.4) is 0 Å². The minimum absolute atomic E-state index is 0.463. The van der Waals surface area contributed by atoms with Crippen LogP contribution in [-0.4, -0.2) is 4.98 Å². The molecule has 2 aromatic rings. The zero-order chi connectivity index (χ0) is 9.97. The van der Waals surface area contributed by atoms with E-state index in [0.29, 0.717) is 6.42 Å². The molecule has 0 atom stereocenters. The number of pyridine rings is 1. The van der Waals surface area contributed by atoms with Crippen molar-refractivity contribution in [1.29, 1.82) is 5.26 Å². The van der Waals surface area contributed by atoms with Gasteiger partial charge in [-0.05, 0) is 30.0 Å². The van der Waals surface area contributed by atoms with E-state index >= 15 is 0 Å². The SMILES string of the molecule is Cc1nccc2ccc(CC#N)cc12. The third kappa shape index (κ3) is 1.45. The van der Waals surface area contributed by atoms with E-state index in [-0.39, 0.29) is 0 Å². The Labute approximate surface area is 82.8 Å². The number of benzene rings is 1. The molecule has 0 amide bonds. The molecule has 0 bridgehead atoms. The quantitative estimate of drug-likeness (QED) is 0.679. The summed E-state index contributed by atoms with van der Waals surface area (Å²) in [5, 5.41) is 10.9. The lowest BCUT2D eigenvalue weighted by Gasteiger charge is -2.02. The van der Waals surface area contributed by atoms with Crippen LogP contribution < -0.4 is 0 Å². The fraction of sp³-hybridized carbons (Fsp3) is 0.167. The van der Waals surface area contributed by atoms with Gasteiger partial charge in [-0.25, -0.2) is 0 Å². The van der Waals surface area contributed by atoms with Crippen LogP contribution in [0.4, 0.5) is 0 Å². The minimum atomic E-state index is 0.463. The second kappa shape index (κ2) is 3.47. The molecule has 1 heterocycles. The van der Waals surface area contributed by atoms with Crippen molar-refractivity contribution in [2.45, 2.75) is 13.3 Å². The van der Waals surface area contributed by atoms with Gasteiger partial charge in [-0.1, -0.05) is 12.1 Å². The minimum Gasteiger partial charge on any atom is -0.261 e. The Kier molecular flexibility index (Phi) is 2.16. The van der Waals surface area contributed by atoms with E-state index in [1.54, 1.807) is 0 Å². The van der Waals surface area contributed by atoms with E-state index in [9.17, 15) is 0 Å². The summed E-state index contributed by atoms with van der Waals surface area (Å²) in [6, 6.07) is 10.2. The topological polar surface area (TPSA) is 36.7 Å². The predicted molar refractivity (Wildman–Crippen MR) is 55.8 cm³/mol. The number of nitrogens with zero attached hydrogens (tertiary/aromatic N) is 2. The Bertz CT molecular complexity index is 509. The smallest absolute Gasteiger partial charge is 0.0669 e. The Hall–Kier alpha value is -1.88. The molecule has 0 radical (unpaired) electrons. The van der Waals surface area contributed by atoms with E-state index in [0.717, 1.165) is 16.6 Å². The van der Waals surface area contributed by atoms with Crippen LogP contribution in [0.5, 0.6) is 0 Å². The molecular formula is C12H10N2. The van der Waals surface area contributed by atoms with E-state index in [1.165, 1.54) is 5.39 Å². The molecule has 68 valence electrons. The molecule has 1 aromatic carbocycles. The zero-order valence-electron chi connectivity index (χ0n) is 7.99. The standard InChI is InChI=1S/C12H10N2/c1-9-12-8-10(4-6-13)2-3-11(12)5-7-14-9/h2-3,5,7-8H,4H2,1H3. The van der Waals surface area contributed by atoms with Gasteiger partial charge in [0, 0.05) is 17.3 Å². The Morgan fingerprint density at radius 1 is 1.36 bits per heavy atom. The molecule has 2 rings (SSSR count). The lowest BCUT2D eigenvalue weighted by molar-refractivity contribution is 1.22. The third-order valence-corrected chi connectivity index (χ3v) is 2.31. The molecule has 0 saturated carbocycles. The highest BCUT2D eigenvalue weighted by Crippen LogP contribution is 2.18. The van der Waals surface area contributed by atoms with Crippen LogP contribution in [0, 0.1) is 18.3 Å². The predicted octanol–water partition coefficient (Wildman–Crippen LogP) is 2.61. The summed E-state index contributed by atoms with van der Waals surface area (Å²) in [6.45, 7) is 1.98. The van der Waals surface area contributed by atoms with Crippen LogP contribution >= 0.6 is 0 Å². The molecule has 0 aliphatic heterocycles. The normalized spacial score (nSPS) is 10.0. The highest BCUT2D eigenvalue weighted by atomic mass is 14.7. The average molecular weight is 182 g/mol. The molecule has 14 heavy (non-hydrogen) atoms. The van der Waals surface area contributed by atoms with Gasteiger partial charge >= 0.3 is 0 Å². The largest absolute Gasteiger partial charge is 0.261 e. The fourth-order valence-corrected chi connectivity index (χ4v) is 1.56. The van der Waals surface area contributed by atoms with E-state index in [1.807, 2.05) is 37.4 Å². The van der Waals surface area contributed by atoms with Gasteiger partial charge in [-0.15, -0.1) is 0 Å². The maximum Gasteiger partial charge on any atom is 0.0669 e. The van der Waals surface area contributed by atoms with Crippen molar-refractivity contribution < 1.29 is 0 Å². The number of nitriles is 1. The molecule has 0 N–H and O–H groups in total. The summed E-state index contributed by atoms with van der Waals surface area (Å²) in [5.74, 6) is 0. The third-order valence-electron chi connectivity index (χ3n) is 2.31. The summed E-state index contributed by atoms with van der Waals surface area (Å²) in [7, 11) is 0. The Morgan fingerprint density at radius 3 is 3.00 bits per heavy atom. The van der Waals surface area contributed by atoms with Gasteiger partial charge in [0.2, 0.25) is 0 Å². The van der Waals surface area contributed by atoms with Crippen molar-refractivity contribution in [3.63, 3.8) is 0 Å². The van der Waals surface area contributed by atoms with Gasteiger partial charge in [-0.2, -0.15) is 5.26 Å². The first-order chi connectivity index (χ1) is 6.81. The summed E-state index contributed by atoms with van der Waals surface area (Å²) >= 11 is 0. The van der Waals surface area contributed by atoms with Crippen molar-refractivity contribution >= 4 is 10.8 Å². The summed E-state index contributed by atoms with van der Waals surface area (Å²) < 4.78 is 0. The molecule has 0 aliphatic carbocycles. The van der Waals surface area contributed by atoms with Gasteiger partial charge < -0.3 is 0 Å². The highest BCUT2D eigenvalue weighted by molar-refractivity contribution is 5.84. The van der Waals surface area contributed by atoms with Crippen molar-refractivity contribution in [3.05, 3.63) is 41.7 Å². The Balaban J connectivity index is 2.65.